The molecular formula is C12H17N5O2. The van der Waals surface area contributed by atoms with E-state index in [0.717, 1.165) is 36.8 Å². The van der Waals surface area contributed by atoms with Crippen LogP contribution < -0.4 is 0 Å². The van der Waals surface area contributed by atoms with Crippen molar-refractivity contribution in [1.82, 2.24) is 25.2 Å². The lowest BCUT2D eigenvalue weighted by atomic mass is 10.2. The van der Waals surface area contributed by atoms with Crippen LogP contribution in [-0.2, 0) is 11.3 Å². The number of hydrogen-bond acceptors (Lipinski definition) is 6. The topological polar surface area (TPSA) is 80.1 Å². The van der Waals surface area contributed by atoms with Crippen LogP contribution in [0, 0.1) is 6.92 Å². The number of aromatic nitrogens is 4. The highest BCUT2D eigenvalue weighted by molar-refractivity contribution is 5.06. The van der Waals surface area contributed by atoms with Crippen molar-refractivity contribution in [3.05, 3.63) is 29.7 Å². The Morgan fingerprint density at radius 3 is 3.11 bits per heavy atom. The van der Waals surface area contributed by atoms with Crippen molar-refractivity contribution in [2.75, 3.05) is 13.7 Å². The van der Waals surface area contributed by atoms with Crippen molar-refractivity contribution in [1.29, 1.82) is 0 Å². The van der Waals surface area contributed by atoms with Crippen molar-refractivity contribution < 1.29 is 9.26 Å². The largest absolute Gasteiger partial charge is 0.380 e. The lowest BCUT2D eigenvalue weighted by molar-refractivity contribution is 0.107. The van der Waals surface area contributed by atoms with Crippen LogP contribution in [0.3, 0.4) is 0 Å². The maximum Gasteiger partial charge on any atom is 0.141 e. The van der Waals surface area contributed by atoms with Gasteiger partial charge in [-0.25, -0.2) is 4.98 Å². The number of aryl methyl sites for hydroxylation is 1. The molecule has 1 aliphatic rings. The van der Waals surface area contributed by atoms with E-state index in [1.54, 1.807) is 7.11 Å². The van der Waals surface area contributed by atoms with Crippen LogP contribution >= 0.6 is 0 Å². The van der Waals surface area contributed by atoms with Gasteiger partial charge in [0.25, 0.3) is 0 Å². The molecule has 102 valence electrons. The van der Waals surface area contributed by atoms with Crippen LogP contribution in [0.25, 0.3) is 0 Å². The number of nitrogens with one attached hydrogen (secondary N) is 1. The zero-order valence-electron chi connectivity index (χ0n) is 11.0. The third-order valence-electron chi connectivity index (χ3n) is 3.49. The Kier molecular flexibility index (Phi) is 3.31. The Morgan fingerprint density at radius 2 is 2.47 bits per heavy atom. The van der Waals surface area contributed by atoms with Gasteiger partial charge in [0, 0.05) is 26.3 Å². The van der Waals surface area contributed by atoms with Crippen molar-refractivity contribution in [3.8, 4) is 0 Å². The highest BCUT2D eigenvalue weighted by atomic mass is 16.5. The van der Waals surface area contributed by atoms with Gasteiger partial charge in [0.1, 0.15) is 17.9 Å². The molecule has 19 heavy (non-hydrogen) atoms. The van der Waals surface area contributed by atoms with E-state index >= 15 is 0 Å². The number of likely N-dealkylation sites (tertiary alicyclic amines) is 1. The molecule has 2 atom stereocenters. The maximum absolute atomic E-state index is 5.47. The van der Waals surface area contributed by atoms with Gasteiger partial charge < -0.3 is 9.26 Å². The van der Waals surface area contributed by atoms with E-state index in [9.17, 15) is 0 Å². The summed E-state index contributed by atoms with van der Waals surface area (Å²) in [7, 11) is 1.74. The minimum Gasteiger partial charge on any atom is -0.380 e. The number of aromatic amines is 1. The van der Waals surface area contributed by atoms with Gasteiger partial charge in [-0.1, -0.05) is 5.16 Å². The van der Waals surface area contributed by atoms with Crippen LogP contribution in [0.5, 0.6) is 0 Å². The van der Waals surface area contributed by atoms with Crippen molar-refractivity contribution in [3.63, 3.8) is 0 Å². The Hall–Kier alpha value is -1.73. The summed E-state index contributed by atoms with van der Waals surface area (Å²) < 4.78 is 10.6. The van der Waals surface area contributed by atoms with E-state index in [1.807, 2.05) is 13.0 Å². The second-order valence-corrected chi connectivity index (χ2v) is 4.84. The molecule has 0 unspecified atom stereocenters. The molecule has 1 saturated heterocycles. The standard InChI is InChI=1S/C12H17N5O2/c1-8-3-9(16-19-8)5-17-6-10(18-2)4-11(17)12-13-7-14-15-12/h3,7,10-11H,4-6H2,1-2H3,(H,13,14,15)/t10-,11+/m1/s1. The summed E-state index contributed by atoms with van der Waals surface area (Å²) in [5, 5.41) is 10.9. The lowest BCUT2D eigenvalue weighted by Gasteiger charge is -2.20. The van der Waals surface area contributed by atoms with E-state index in [2.05, 4.69) is 25.2 Å². The second kappa shape index (κ2) is 5.10. The number of rotatable bonds is 4. The van der Waals surface area contributed by atoms with Crippen molar-refractivity contribution in [2.24, 2.45) is 0 Å². The van der Waals surface area contributed by atoms with Gasteiger partial charge >= 0.3 is 0 Å². The summed E-state index contributed by atoms with van der Waals surface area (Å²) in [6.07, 6.45) is 2.65. The summed E-state index contributed by atoms with van der Waals surface area (Å²) >= 11 is 0. The van der Waals surface area contributed by atoms with E-state index in [4.69, 9.17) is 9.26 Å². The SMILES string of the molecule is CO[C@@H]1C[C@@H](c2ncn[nH]2)N(Cc2cc(C)on2)C1. The van der Waals surface area contributed by atoms with Crippen LogP contribution in [-0.4, -0.2) is 45.0 Å². The number of methoxy groups -OCH3 is 1. The molecule has 7 heteroatoms. The highest BCUT2D eigenvalue weighted by Crippen LogP contribution is 2.32. The van der Waals surface area contributed by atoms with E-state index < -0.39 is 0 Å². The number of hydrogen-bond donors (Lipinski definition) is 1. The number of H-pyrrole nitrogens is 1. The molecule has 0 aliphatic carbocycles. The molecule has 1 fully saturated rings. The summed E-state index contributed by atoms with van der Waals surface area (Å²) in [4.78, 5) is 6.54. The van der Waals surface area contributed by atoms with Crippen LogP contribution in [0.2, 0.25) is 0 Å². The average Bonchev–Trinajstić information content (AvgIpc) is 3.10. The maximum atomic E-state index is 5.47. The minimum absolute atomic E-state index is 0.185. The molecule has 7 nitrogen and oxygen atoms in total. The molecule has 3 rings (SSSR count). The zero-order chi connectivity index (χ0) is 13.2. The van der Waals surface area contributed by atoms with E-state index in [-0.39, 0.29) is 12.1 Å². The first-order valence-electron chi connectivity index (χ1n) is 6.30. The molecular weight excluding hydrogens is 246 g/mol. The molecule has 3 heterocycles. The van der Waals surface area contributed by atoms with Gasteiger partial charge in [0.05, 0.1) is 17.8 Å². The van der Waals surface area contributed by atoms with Crippen LogP contribution in [0.15, 0.2) is 16.9 Å². The Balaban J connectivity index is 1.77. The Labute approximate surface area is 110 Å². The van der Waals surface area contributed by atoms with Gasteiger partial charge in [-0.2, -0.15) is 5.10 Å². The highest BCUT2D eigenvalue weighted by Gasteiger charge is 2.35. The molecule has 0 spiro atoms. The molecule has 0 radical (unpaired) electrons. The van der Waals surface area contributed by atoms with E-state index in [0.29, 0.717) is 0 Å². The quantitative estimate of drug-likeness (QED) is 0.888. The minimum atomic E-state index is 0.185. The molecule has 0 bridgehead atoms. The third-order valence-corrected chi connectivity index (χ3v) is 3.49. The molecule has 2 aromatic heterocycles. The van der Waals surface area contributed by atoms with Crippen LogP contribution in [0.1, 0.15) is 29.7 Å². The predicted octanol–water partition coefficient (Wildman–Crippen LogP) is 1.06. The Bertz CT molecular complexity index is 524. The monoisotopic (exact) mass is 263 g/mol. The molecule has 0 saturated carbocycles. The summed E-state index contributed by atoms with van der Waals surface area (Å²) in [5.41, 5.74) is 0.929. The van der Waals surface area contributed by atoms with E-state index in [1.165, 1.54) is 6.33 Å². The first kappa shape index (κ1) is 12.3. The smallest absolute Gasteiger partial charge is 0.141 e. The fourth-order valence-corrected chi connectivity index (χ4v) is 2.57. The van der Waals surface area contributed by atoms with Gasteiger partial charge in [0.15, 0.2) is 0 Å². The van der Waals surface area contributed by atoms with Crippen LogP contribution in [0.4, 0.5) is 0 Å². The normalized spacial score (nSPS) is 24.1. The van der Waals surface area contributed by atoms with Gasteiger partial charge in [-0.05, 0) is 13.3 Å². The number of nitrogens with zero attached hydrogens (tertiary/aromatic N) is 4. The molecule has 0 amide bonds. The second-order valence-electron chi connectivity index (χ2n) is 4.84. The van der Waals surface area contributed by atoms with Gasteiger partial charge in [-0.3, -0.25) is 10.00 Å². The predicted molar refractivity (Wildman–Crippen MR) is 66.2 cm³/mol. The third kappa shape index (κ3) is 2.52. The van der Waals surface area contributed by atoms with Gasteiger partial charge in [-0.15, -0.1) is 0 Å². The first-order chi connectivity index (χ1) is 9.26. The Morgan fingerprint density at radius 1 is 1.58 bits per heavy atom. The summed E-state index contributed by atoms with van der Waals surface area (Å²) in [5.74, 6) is 1.70. The number of ether oxygens (including phenoxy) is 1. The first-order valence-corrected chi connectivity index (χ1v) is 6.30. The van der Waals surface area contributed by atoms with Gasteiger partial charge in [0.2, 0.25) is 0 Å². The fraction of sp³-hybridized carbons (Fsp3) is 0.583. The molecule has 1 N–H and O–H groups in total. The lowest BCUT2D eigenvalue weighted by Crippen LogP contribution is -2.25. The zero-order valence-corrected chi connectivity index (χ0v) is 11.0. The van der Waals surface area contributed by atoms with Crippen molar-refractivity contribution >= 4 is 0 Å². The average molecular weight is 263 g/mol. The summed E-state index contributed by atoms with van der Waals surface area (Å²) in [6.45, 7) is 3.47. The van der Waals surface area contributed by atoms with Crippen molar-refractivity contribution in [2.45, 2.75) is 32.0 Å². The molecule has 0 aromatic carbocycles. The summed E-state index contributed by atoms with van der Waals surface area (Å²) in [6, 6.07) is 2.14. The molecule has 2 aromatic rings. The molecule has 1 aliphatic heterocycles. The fourth-order valence-electron chi connectivity index (χ4n) is 2.57.